The van der Waals surface area contributed by atoms with Crippen LogP contribution in [0, 0.1) is 0 Å². The summed E-state index contributed by atoms with van der Waals surface area (Å²) >= 11 is 0. The summed E-state index contributed by atoms with van der Waals surface area (Å²) in [5, 5.41) is 3.80. The third-order valence-electron chi connectivity index (χ3n) is 5.57. The highest BCUT2D eigenvalue weighted by molar-refractivity contribution is 5.78. The largest absolute Gasteiger partial charge is 0.343 e. The first-order chi connectivity index (χ1) is 15.1. The second-order valence-electron chi connectivity index (χ2n) is 7.79. The first kappa shape index (κ1) is 20.5. The van der Waals surface area contributed by atoms with Crippen LogP contribution in [0.25, 0.3) is 10.9 Å². The van der Waals surface area contributed by atoms with Gasteiger partial charge in [-0.05, 0) is 36.6 Å². The molecule has 0 saturated carbocycles. The number of hydrogen-bond donors (Lipinski definition) is 2. The van der Waals surface area contributed by atoms with Gasteiger partial charge in [-0.15, -0.1) is 0 Å². The minimum absolute atomic E-state index is 0.0432. The molecule has 0 aliphatic heterocycles. The van der Waals surface area contributed by atoms with Crippen LogP contribution >= 0.6 is 0 Å². The Kier molecular flexibility index (Phi) is 5.94. The van der Waals surface area contributed by atoms with Gasteiger partial charge in [-0.2, -0.15) is 0 Å². The molecule has 156 valence electrons. The van der Waals surface area contributed by atoms with Crippen molar-refractivity contribution in [1.29, 1.82) is 0 Å². The molecular weight excluding hydrogens is 386 g/mol. The Bertz CT molecular complexity index is 1190. The molecule has 3 aromatic carbocycles. The van der Waals surface area contributed by atoms with E-state index in [-0.39, 0.29) is 11.5 Å². The topological polar surface area (TPSA) is 74.8 Å². The van der Waals surface area contributed by atoms with E-state index in [0.717, 1.165) is 11.1 Å². The molecule has 5 heteroatoms. The summed E-state index contributed by atoms with van der Waals surface area (Å²) in [4.78, 5) is 32.4. The molecule has 0 radical (unpaired) electrons. The highest BCUT2D eigenvalue weighted by Gasteiger charge is 2.30. The van der Waals surface area contributed by atoms with Crippen molar-refractivity contribution < 1.29 is 4.79 Å². The lowest BCUT2D eigenvalue weighted by Crippen LogP contribution is -2.44. The minimum Gasteiger partial charge on any atom is -0.343 e. The maximum absolute atomic E-state index is 12.9. The summed E-state index contributed by atoms with van der Waals surface area (Å²) in [5.41, 5.74) is 1.94. The highest BCUT2D eigenvalue weighted by atomic mass is 16.1. The Morgan fingerprint density at radius 3 is 2.13 bits per heavy atom. The second kappa shape index (κ2) is 8.96. The first-order valence-electron chi connectivity index (χ1n) is 10.5. The molecule has 1 heterocycles. The molecule has 0 fully saturated rings. The summed E-state index contributed by atoms with van der Waals surface area (Å²) in [5.74, 6) is 0.559. The lowest BCUT2D eigenvalue weighted by Gasteiger charge is -2.32. The molecule has 0 spiro atoms. The average molecular weight is 412 g/mol. The quantitative estimate of drug-likeness (QED) is 0.475. The molecule has 5 nitrogen and oxygen atoms in total. The number of carbonyl (C=O) groups excluding carboxylic acids is 1. The summed E-state index contributed by atoms with van der Waals surface area (Å²) in [6, 6.07) is 27.2. The van der Waals surface area contributed by atoms with Gasteiger partial charge in [0, 0.05) is 12.8 Å². The number of amides is 1. The Morgan fingerprint density at radius 1 is 0.903 bits per heavy atom. The predicted molar refractivity (Wildman–Crippen MR) is 123 cm³/mol. The predicted octanol–water partition coefficient (Wildman–Crippen LogP) is 4.33. The van der Waals surface area contributed by atoms with Gasteiger partial charge in [0.25, 0.3) is 5.56 Å². The van der Waals surface area contributed by atoms with E-state index in [4.69, 9.17) is 0 Å². The fraction of sp³-hybridized carbons (Fsp3) is 0.192. The van der Waals surface area contributed by atoms with E-state index >= 15 is 0 Å². The zero-order chi connectivity index (χ0) is 21.7. The molecule has 0 unspecified atom stereocenters. The number of aromatic nitrogens is 2. The van der Waals surface area contributed by atoms with Crippen LogP contribution in [0.15, 0.2) is 89.7 Å². The van der Waals surface area contributed by atoms with Crippen LogP contribution in [0.4, 0.5) is 0 Å². The fourth-order valence-electron chi connectivity index (χ4n) is 3.86. The van der Waals surface area contributed by atoms with E-state index in [1.54, 1.807) is 6.07 Å². The fourth-order valence-corrected chi connectivity index (χ4v) is 3.86. The third kappa shape index (κ3) is 4.56. The normalized spacial score (nSPS) is 11.4. The van der Waals surface area contributed by atoms with Crippen molar-refractivity contribution >= 4 is 16.8 Å². The number of nitrogens with zero attached hydrogens (tertiary/aromatic N) is 1. The number of H-pyrrole nitrogens is 1. The molecule has 31 heavy (non-hydrogen) atoms. The van der Waals surface area contributed by atoms with Gasteiger partial charge in [-0.1, -0.05) is 72.8 Å². The third-order valence-corrected chi connectivity index (χ3v) is 5.57. The molecule has 1 aromatic heterocycles. The standard InChI is InChI=1S/C26H25N3O2/c1-26(19-11-4-2-5-12-19,20-13-6-3-7-14-20)29-24(30)18-10-17-23-27-22-16-9-8-15-21(22)25(31)28-23/h2-9,11-16H,10,17-18H2,1H3,(H,29,30)(H,27,28,31). The van der Waals surface area contributed by atoms with Crippen molar-refractivity contribution in [3.05, 3.63) is 112 Å². The van der Waals surface area contributed by atoms with Gasteiger partial charge in [0.1, 0.15) is 5.82 Å². The maximum Gasteiger partial charge on any atom is 0.258 e. The van der Waals surface area contributed by atoms with Gasteiger partial charge in [-0.25, -0.2) is 4.98 Å². The van der Waals surface area contributed by atoms with Crippen LogP contribution in [0.3, 0.4) is 0 Å². The number of rotatable bonds is 7. The van der Waals surface area contributed by atoms with Gasteiger partial charge in [-0.3, -0.25) is 9.59 Å². The molecular formula is C26H25N3O2. The van der Waals surface area contributed by atoms with Crippen molar-refractivity contribution in [1.82, 2.24) is 15.3 Å². The Balaban J connectivity index is 1.46. The van der Waals surface area contributed by atoms with E-state index in [2.05, 4.69) is 15.3 Å². The number of aryl methyl sites for hydroxylation is 1. The Hall–Kier alpha value is -3.73. The SMILES string of the molecule is CC(NC(=O)CCCc1nc2ccccc2c(=O)[nH]1)(c1ccccc1)c1ccccc1. The van der Waals surface area contributed by atoms with Gasteiger partial charge >= 0.3 is 0 Å². The van der Waals surface area contributed by atoms with Crippen LogP contribution in [0.2, 0.25) is 0 Å². The Labute approximate surface area is 181 Å². The van der Waals surface area contributed by atoms with E-state index < -0.39 is 5.54 Å². The Morgan fingerprint density at radius 2 is 1.48 bits per heavy atom. The summed E-state index contributed by atoms with van der Waals surface area (Å²) < 4.78 is 0. The van der Waals surface area contributed by atoms with Crippen molar-refractivity contribution in [3.8, 4) is 0 Å². The van der Waals surface area contributed by atoms with Crippen LogP contribution in [-0.4, -0.2) is 15.9 Å². The number of carbonyl (C=O) groups is 1. The van der Waals surface area contributed by atoms with Crippen molar-refractivity contribution in [2.45, 2.75) is 31.7 Å². The number of aromatic amines is 1. The number of nitrogens with one attached hydrogen (secondary N) is 2. The van der Waals surface area contributed by atoms with Crippen LogP contribution < -0.4 is 10.9 Å². The average Bonchev–Trinajstić information content (AvgIpc) is 2.80. The smallest absolute Gasteiger partial charge is 0.258 e. The zero-order valence-corrected chi connectivity index (χ0v) is 17.5. The van der Waals surface area contributed by atoms with Crippen LogP contribution in [-0.2, 0) is 16.8 Å². The summed E-state index contributed by atoms with van der Waals surface area (Å²) in [6.07, 6.45) is 1.46. The van der Waals surface area contributed by atoms with Crippen LogP contribution in [0.5, 0.6) is 0 Å². The minimum atomic E-state index is -0.630. The first-order valence-corrected chi connectivity index (χ1v) is 10.5. The monoisotopic (exact) mass is 411 g/mol. The number of hydrogen-bond acceptors (Lipinski definition) is 3. The van der Waals surface area contributed by atoms with E-state index in [9.17, 15) is 9.59 Å². The highest BCUT2D eigenvalue weighted by Crippen LogP contribution is 2.29. The van der Waals surface area contributed by atoms with Crippen molar-refractivity contribution in [2.75, 3.05) is 0 Å². The molecule has 4 rings (SSSR count). The molecule has 0 saturated heterocycles. The lowest BCUT2D eigenvalue weighted by atomic mass is 9.84. The van der Waals surface area contributed by atoms with Crippen molar-refractivity contribution in [2.24, 2.45) is 0 Å². The van der Waals surface area contributed by atoms with E-state index in [1.165, 1.54) is 0 Å². The van der Waals surface area contributed by atoms with Crippen LogP contribution in [0.1, 0.15) is 36.7 Å². The molecule has 0 atom stereocenters. The maximum atomic E-state index is 12.9. The van der Waals surface area contributed by atoms with Gasteiger partial charge in [0.05, 0.1) is 16.4 Å². The molecule has 0 aliphatic rings. The van der Waals surface area contributed by atoms with Gasteiger partial charge in [0.2, 0.25) is 5.91 Å². The second-order valence-corrected chi connectivity index (χ2v) is 7.79. The number of para-hydroxylation sites is 1. The molecule has 0 bridgehead atoms. The summed E-state index contributed by atoms with van der Waals surface area (Å²) in [6.45, 7) is 2.03. The van der Waals surface area contributed by atoms with E-state index in [1.807, 2.05) is 85.8 Å². The lowest BCUT2D eigenvalue weighted by molar-refractivity contribution is -0.122. The summed E-state index contributed by atoms with van der Waals surface area (Å²) in [7, 11) is 0. The zero-order valence-electron chi connectivity index (χ0n) is 17.5. The molecule has 2 N–H and O–H groups in total. The number of benzene rings is 3. The van der Waals surface area contributed by atoms with Gasteiger partial charge in [0.15, 0.2) is 0 Å². The molecule has 4 aromatic rings. The van der Waals surface area contributed by atoms with E-state index in [0.29, 0.717) is 36.0 Å². The number of fused-ring (bicyclic) bond motifs is 1. The molecule has 1 amide bonds. The molecule has 0 aliphatic carbocycles. The van der Waals surface area contributed by atoms with Crippen molar-refractivity contribution in [3.63, 3.8) is 0 Å². The van der Waals surface area contributed by atoms with Gasteiger partial charge < -0.3 is 10.3 Å².